The Morgan fingerprint density at radius 1 is 1.14 bits per heavy atom. The maximum absolute atomic E-state index is 9.96. The smallest absolute Gasteiger partial charge is 0.136 e. The van der Waals surface area contributed by atoms with E-state index in [0.29, 0.717) is 6.42 Å². The summed E-state index contributed by atoms with van der Waals surface area (Å²) in [6, 6.07) is 0. The molecule has 0 saturated carbocycles. The molecule has 0 bridgehead atoms. The Hall–Kier alpha value is 0.500. The van der Waals surface area contributed by atoms with Gasteiger partial charge >= 0.3 is 0 Å². The molecule has 1 atom stereocenters. The number of alkyl halides is 2. The van der Waals surface area contributed by atoms with Crippen LogP contribution in [0.5, 0.6) is 0 Å². The predicted octanol–water partition coefficient (Wildman–Crippen LogP) is 2.87. The van der Waals surface area contributed by atoms with Gasteiger partial charge in [0, 0.05) is 13.0 Å². The van der Waals surface area contributed by atoms with Crippen molar-refractivity contribution in [1.29, 1.82) is 0 Å². The summed E-state index contributed by atoms with van der Waals surface area (Å²) < 4.78 is 0. The lowest BCUT2D eigenvalue weighted by Gasteiger charge is -2.28. The predicted molar refractivity (Wildman–Crippen MR) is 60.9 cm³/mol. The highest BCUT2D eigenvalue weighted by atomic mass is 35.5. The van der Waals surface area contributed by atoms with Crippen molar-refractivity contribution in [1.82, 2.24) is 0 Å². The highest BCUT2D eigenvalue weighted by molar-refractivity contribution is 6.45. The number of unbranched alkanes of at least 4 members (excludes halogenated alkanes) is 3. The molecule has 0 aliphatic carbocycles. The molecule has 0 aliphatic heterocycles. The standard InChI is InChI=1S/C10H20Cl2O2/c1-2-3-4-5-6-10(14,7-8-13)9(11)12/h9,13-14H,2-8H2,1H3. The van der Waals surface area contributed by atoms with Crippen LogP contribution >= 0.6 is 23.2 Å². The lowest BCUT2D eigenvalue weighted by Crippen LogP contribution is -2.37. The van der Waals surface area contributed by atoms with Crippen LogP contribution in [0.3, 0.4) is 0 Å². The van der Waals surface area contributed by atoms with Crippen LogP contribution in [0.15, 0.2) is 0 Å². The van der Waals surface area contributed by atoms with Gasteiger partial charge in [0.2, 0.25) is 0 Å². The number of halogens is 2. The summed E-state index contributed by atoms with van der Waals surface area (Å²) in [7, 11) is 0. The van der Waals surface area contributed by atoms with E-state index in [1.54, 1.807) is 0 Å². The zero-order valence-corrected chi connectivity index (χ0v) is 10.2. The summed E-state index contributed by atoms with van der Waals surface area (Å²) >= 11 is 11.4. The molecule has 0 saturated heterocycles. The highest BCUT2D eigenvalue weighted by Crippen LogP contribution is 2.29. The molecule has 0 fully saturated rings. The minimum atomic E-state index is -1.12. The molecule has 0 aliphatic rings. The Bertz CT molecular complexity index is 142. The number of aliphatic hydroxyl groups is 2. The molecule has 0 heterocycles. The van der Waals surface area contributed by atoms with Crippen LogP contribution in [-0.4, -0.2) is 27.3 Å². The molecule has 0 aromatic heterocycles. The molecule has 2 nitrogen and oxygen atoms in total. The van der Waals surface area contributed by atoms with Crippen molar-refractivity contribution in [2.75, 3.05) is 6.61 Å². The SMILES string of the molecule is CCCCCCC(O)(CCO)C(Cl)Cl. The van der Waals surface area contributed by atoms with Gasteiger partial charge in [-0.3, -0.25) is 0 Å². The molecule has 0 rings (SSSR count). The van der Waals surface area contributed by atoms with Crippen molar-refractivity contribution in [2.45, 2.75) is 55.9 Å². The van der Waals surface area contributed by atoms with Gasteiger partial charge in [0.1, 0.15) is 4.84 Å². The number of hydrogen-bond acceptors (Lipinski definition) is 2. The van der Waals surface area contributed by atoms with Crippen molar-refractivity contribution < 1.29 is 10.2 Å². The molecule has 0 spiro atoms. The molecule has 0 amide bonds. The van der Waals surface area contributed by atoms with E-state index in [4.69, 9.17) is 28.3 Å². The Balaban J connectivity index is 3.84. The quantitative estimate of drug-likeness (QED) is 0.508. The first-order valence-electron chi connectivity index (χ1n) is 5.18. The third kappa shape index (κ3) is 5.40. The van der Waals surface area contributed by atoms with Gasteiger partial charge in [-0.25, -0.2) is 0 Å². The second kappa shape index (κ2) is 7.75. The van der Waals surface area contributed by atoms with Crippen molar-refractivity contribution in [3.05, 3.63) is 0 Å². The van der Waals surface area contributed by atoms with Crippen molar-refractivity contribution in [3.63, 3.8) is 0 Å². The Morgan fingerprint density at radius 3 is 2.21 bits per heavy atom. The molecular formula is C10H20Cl2O2. The third-order valence-electron chi connectivity index (χ3n) is 2.41. The molecule has 0 aromatic rings. The average molecular weight is 243 g/mol. The first-order valence-corrected chi connectivity index (χ1v) is 6.05. The van der Waals surface area contributed by atoms with Gasteiger partial charge in [-0.1, -0.05) is 32.6 Å². The van der Waals surface area contributed by atoms with Gasteiger partial charge in [-0.2, -0.15) is 0 Å². The minimum absolute atomic E-state index is 0.0831. The summed E-state index contributed by atoms with van der Waals surface area (Å²) in [4.78, 5) is -0.823. The first kappa shape index (κ1) is 14.5. The van der Waals surface area contributed by atoms with E-state index in [1.165, 1.54) is 0 Å². The van der Waals surface area contributed by atoms with Crippen molar-refractivity contribution in [2.24, 2.45) is 0 Å². The molecule has 4 heteroatoms. The van der Waals surface area contributed by atoms with Crippen molar-refractivity contribution >= 4 is 23.2 Å². The second-order valence-corrected chi connectivity index (χ2v) is 4.78. The van der Waals surface area contributed by atoms with Crippen LogP contribution in [0.1, 0.15) is 45.4 Å². The summed E-state index contributed by atoms with van der Waals surface area (Å²) in [5.74, 6) is 0. The fourth-order valence-electron chi connectivity index (χ4n) is 1.39. The fourth-order valence-corrected chi connectivity index (χ4v) is 1.83. The molecule has 0 aromatic carbocycles. The largest absolute Gasteiger partial charge is 0.396 e. The zero-order chi connectivity index (χ0) is 11.0. The van der Waals surface area contributed by atoms with Crippen molar-refractivity contribution in [3.8, 4) is 0 Å². The first-order chi connectivity index (χ1) is 6.56. The number of aliphatic hydroxyl groups excluding tert-OH is 1. The van der Waals surface area contributed by atoms with E-state index in [9.17, 15) is 5.11 Å². The monoisotopic (exact) mass is 242 g/mol. The maximum Gasteiger partial charge on any atom is 0.136 e. The molecule has 86 valence electrons. The Kier molecular flexibility index (Phi) is 8.02. The van der Waals surface area contributed by atoms with E-state index in [0.717, 1.165) is 25.7 Å². The highest BCUT2D eigenvalue weighted by Gasteiger charge is 2.32. The average Bonchev–Trinajstić information content (AvgIpc) is 2.13. The molecule has 2 N–H and O–H groups in total. The molecule has 14 heavy (non-hydrogen) atoms. The van der Waals surface area contributed by atoms with Crippen LogP contribution in [0.25, 0.3) is 0 Å². The zero-order valence-electron chi connectivity index (χ0n) is 8.68. The summed E-state index contributed by atoms with van der Waals surface area (Å²) in [6.45, 7) is 2.05. The molecular weight excluding hydrogens is 223 g/mol. The van der Waals surface area contributed by atoms with Crippen LogP contribution < -0.4 is 0 Å². The lowest BCUT2D eigenvalue weighted by molar-refractivity contribution is 0.0179. The topological polar surface area (TPSA) is 40.5 Å². The Labute approximate surface area is 96.2 Å². The minimum Gasteiger partial charge on any atom is -0.396 e. The van der Waals surface area contributed by atoms with E-state index in [-0.39, 0.29) is 13.0 Å². The van der Waals surface area contributed by atoms with Gasteiger partial charge in [0.25, 0.3) is 0 Å². The van der Waals surface area contributed by atoms with Crippen LogP contribution in [-0.2, 0) is 0 Å². The van der Waals surface area contributed by atoms with Gasteiger partial charge < -0.3 is 10.2 Å². The summed E-state index contributed by atoms with van der Waals surface area (Å²) in [5.41, 5.74) is -1.12. The van der Waals surface area contributed by atoms with Gasteiger partial charge in [0.15, 0.2) is 0 Å². The second-order valence-electron chi connectivity index (χ2n) is 3.69. The van der Waals surface area contributed by atoms with Gasteiger partial charge in [0.05, 0.1) is 5.60 Å². The number of rotatable bonds is 8. The lowest BCUT2D eigenvalue weighted by atomic mass is 9.94. The van der Waals surface area contributed by atoms with Gasteiger partial charge in [-0.05, 0) is 6.42 Å². The third-order valence-corrected chi connectivity index (χ3v) is 3.23. The normalized spacial score (nSPS) is 15.9. The van der Waals surface area contributed by atoms with E-state index in [1.807, 2.05) is 0 Å². The molecule has 0 radical (unpaired) electrons. The van der Waals surface area contributed by atoms with Crippen LogP contribution in [0.2, 0.25) is 0 Å². The fraction of sp³-hybridized carbons (Fsp3) is 1.00. The van der Waals surface area contributed by atoms with E-state index in [2.05, 4.69) is 6.92 Å². The summed E-state index contributed by atoms with van der Waals surface area (Å²) in [6.07, 6.45) is 5.10. The molecule has 1 unspecified atom stereocenters. The Morgan fingerprint density at radius 2 is 1.79 bits per heavy atom. The van der Waals surface area contributed by atoms with Crippen LogP contribution in [0.4, 0.5) is 0 Å². The summed E-state index contributed by atoms with van der Waals surface area (Å²) in [5, 5.41) is 18.7. The van der Waals surface area contributed by atoms with E-state index >= 15 is 0 Å². The maximum atomic E-state index is 9.96. The number of hydrogen-bond donors (Lipinski definition) is 2. The van der Waals surface area contributed by atoms with E-state index < -0.39 is 10.4 Å². The van der Waals surface area contributed by atoms with Gasteiger partial charge in [-0.15, -0.1) is 23.2 Å². The van der Waals surface area contributed by atoms with Crippen LogP contribution in [0, 0.1) is 0 Å².